The predicted octanol–water partition coefficient (Wildman–Crippen LogP) is 3.40. The molecule has 1 aliphatic rings. The average molecular weight is 275 g/mol. The number of anilines is 1. The topological polar surface area (TPSA) is 50.9 Å². The molecular weight excluding hydrogens is 246 g/mol. The molecule has 0 amide bonds. The highest BCUT2D eigenvalue weighted by Gasteiger charge is 2.27. The van der Waals surface area contributed by atoms with Crippen LogP contribution < -0.4 is 11.1 Å². The van der Waals surface area contributed by atoms with Crippen molar-refractivity contribution < 1.29 is 0 Å². The van der Waals surface area contributed by atoms with Gasteiger partial charge in [0, 0.05) is 24.1 Å². The minimum Gasteiger partial charge on any atom is -0.398 e. The number of hydrogen-bond acceptors (Lipinski definition) is 3. The van der Waals surface area contributed by atoms with Crippen LogP contribution in [0.1, 0.15) is 51.5 Å². The lowest BCUT2D eigenvalue weighted by Gasteiger charge is -2.34. The summed E-state index contributed by atoms with van der Waals surface area (Å²) in [5.41, 5.74) is 8.14. The third-order valence-electron chi connectivity index (χ3n) is 4.89. The molecule has 112 valence electrons. The van der Waals surface area contributed by atoms with Crippen LogP contribution in [0.5, 0.6) is 0 Å². The van der Waals surface area contributed by atoms with Crippen molar-refractivity contribution in [3.8, 4) is 0 Å². The Kier molecular flexibility index (Phi) is 5.84. The smallest absolute Gasteiger partial charge is 0.0378 e. The summed E-state index contributed by atoms with van der Waals surface area (Å²) < 4.78 is 0. The molecule has 3 N–H and O–H groups in total. The molecule has 1 saturated carbocycles. The lowest BCUT2D eigenvalue weighted by molar-refractivity contribution is 0.218. The average Bonchev–Trinajstić information content (AvgIpc) is 2.49. The molecule has 2 rings (SSSR count). The molecule has 1 aliphatic carbocycles. The molecule has 0 bridgehead atoms. The van der Waals surface area contributed by atoms with Crippen molar-refractivity contribution in [2.75, 3.05) is 12.3 Å². The normalized spacial score (nSPS) is 24.5. The van der Waals surface area contributed by atoms with Crippen LogP contribution in [0.3, 0.4) is 0 Å². The Labute approximate surface area is 123 Å². The van der Waals surface area contributed by atoms with Gasteiger partial charge in [0.2, 0.25) is 0 Å². The van der Waals surface area contributed by atoms with Crippen molar-refractivity contribution in [2.45, 2.75) is 58.4 Å². The van der Waals surface area contributed by atoms with Gasteiger partial charge in [-0.3, -0.25) is 4.98 Å². The van der Waals surface area contributed by atoms with Crippen molar-refractivity contribution in [2.24, 2.45) is 11.8 Å². The third-order valence-corrected chi connectivity index (χ3v) is 4.89. The number of nitrogens with one attached hydrogen (secondary N) is 1. The van der Waals surface area contributed by atoms with E-state index >= 15 is 0 Å². The molecular formula is C17H29N3. The summed E-state index contributed by atoms with van der Waals surface area (Å²) >= 11 is 0. The van der Waals surface area contributed by atoms with Crippen LogP contribution in [0.25, 0.3) is 0 Å². The van der Waals surface area contributed by atoms with Crippen molar-refractivity contribution in [1.82, 2.24) is 10.3 Å². The Balaban J connectivity index is 1.99. The summed E-state index contributed by atoms with van der Waals surface area (Å²) in [6.07, 6.45) is 11.6. The van der Waals surface area contributed by atoms with Crippen LogP contribution in [0.4, 0.5) is 5.69 Å². The first-order valence-corrected chi connectivity index (χ1v) is 8.16. The van der Waals surface area contributed by atoms with Crippen molar-refractivity contribution >= 4 is 5.69 Å². The second kappa shape index (κ2) is 7.63. The minimum absolute atomic E-state index is 0.546. The highest BCUT2D eigenvalue weighted by molar-refractivity contribution is 5.44. The van der Waals surface area contributed by atoms with Gasteiger partial charge in [0.25, 0.3) is 0 Å². The molecule has 0 spiro atoms. The molecule has 0 saturated heterocycles. The highest BCUT2D eigenvalue weighted by atomic mass is 14.9. The lowest BCUT2D eigenvalue weighted by Crippen LogP contribution is -2.39. The molecule has 3 heteroatoms. The fourth-order valence-electron chi connectivity index (χ4n) is 3.51. The molecule has 1 fully saturated rings. The van der Waals surface area contributed by atoms with E-state index in [1.54, 1.807) is 6.20 Å². The van der Waals surface area contributed by atoms with Crippen LogP contribution in [0, 0.1) is 11.8 Å². The summed E-state index contributed by atoms with van der Waals surface area (Å²) in [7, 11) is 0. The monoisotopic (exact) mass is 275 g/mol. The second-order valence-electron chi connectivity index (χ2n) is 6.13. The van der Waals surface area contributed by atoms with Crippen molar-refractivity contribution in [3.05, 3.63) is 24.0 Å². The summed E-state index contributed by atoms with van der Waals surface area (Å²) in [6, 6.07) is 2.45. The lowest BCUT2D eigenvalue weighted by atomic mass is 9.76. The molecule has 1 heterocycles. The van der Waals surface area contributed by atoms with Crippen LogP contribution >= 0.6 is 0 Å². The maximum atomic E-state index is 6.07. The maximum absolute atomic E-state index is 6.07. The quantitative estimate of drug-likeness (QED) is 0.836. The first-order chi connectivity index (χ1) is 9.74. The van der Waals surface area contributed by atoms with Crippen LogP contribution in [0.15, 0.2) is 18.5 Å². The molecule has 3 nitrogen and oxygen atoms in total. The zero-order chi connectivity index (χ0) is 14.4. The first kappa shape index (κ1) is 15.3. The number of aromatic nitrogens is 1. The summed E-state index contributed by atoms with van der Waals surface area (Å²) in [4.78, 5) is 4.22. The fraction of sp³-hybridized carbons (Fsp3) is 0.706. The Hall–Kier alpha value is -1.09. The standard InChI is InChI=1S/C17H29N3/c1-3-13-5-7-14(8-6-13)17(20-4-2)11-15-12-19-10-9-16(15)18/h9-10,12-14,17,20H,3-8,11H2,1-2H3,(H2,18,19). The number of likely N-dealkylation sites (N-methyl/N-ethyl adjacent to an activating group) is 1. The number of nitrogens with zero attached hydrogens (tertiary/aromatic N) is 1. The molecule has 0 aliphatic heterocycles. The largest absolute Gasteiger partial charge is 0.398 e. The van der Waals surface area contributed by atoms with E-state index in [0.29, 0.717) is 6.04 Å². The minimum atomic E-state index is 0.546. The van der Waals surface area contributed by atoms with Gasteiger partial charge < -0.3 is 11.1 Å². The fourth-order valence-corrected chi connectivity index (χ4v) is 3.51. The van der Waals surface area contributed by atoms with E-state index in [9.17, 15) is 0 Å². The van der Waals surface area contributed by atoms with Crippen LogP contribution in [0.2, 0.25) is 0 Å². The van der Waals surface area contributed by atoms with E-state index in [2.05, 4.69) is 24.1 Å². The van der Waals surface area contributed by atoms with Gasteiger partial charge in [0.1, 0.15) is 0 Å². The molecule has 1 aromatic rings. The Morgan fingerprint density at radius 2 is 2.05 bits per heavy atom. The van der Waals surface area contributed by atoms with E-state index in [-0.39, 0.29) is 0 Å². The van der Waals surface area contributed by atoms with Gasteiger partial charge in [-0.25, -0.2) is 0 Å². The van der Waals surface area contributed by atoms with Gasteiger partial charge in [-0.1, -0.05) is 33.1 Å². The molecule has 1 unspecified atom stereocenters. The summed E-state index contributed by atoms with van der Waals surface area (Å²) in [5.74, 6) is 1.74. The predicted molar refractivity (Wildman–Crippen MR) is 85.6 cm³/mol. The van der Waals surface area contributed by atoms with Crippen molar-refractivity contribution in [3.63, 3.8) is 0 Å². The van der Waals surface area contributed by atoms with Gasteiger partial charge in [-0.15, -0.1) is 0 Å². The van der Waals surface area contributed by atoms with Gasteiger partial charge in [-0.05, 0) is 49.3 Å². The zero-order valence-electron chi connectivity index (χ0n) is 12.9. The highest BCUT2D eigenvalue weighted by Crippen LogP contribution is 2.33. The van der Waals surface area contributed by atoms with Gasteiger partial charge >= 0.3 is 0 Å². The molecule has 0 radical (unpaired) electrons. The van der Waals surface area contributed by atoms with E-state index in [0.717, 1.165) is 30.5 Å². The number of pyridine rings is 1. The zero-order valence-corrected chi connectivity index (χ0v) is 12.9. The Morgan fingerprint density at radius 1 is 1.30 bits per heavy atom. The van der Waals surface area contributed by atoms with Gasteiger partial charge in [0.05, 0.1) is 0 Å². The molecule has 1 atom stereocenters. The number of rotatable bonds is 6. The summed E-state index contributed by atoms with van der Waals surface area (Å²) in [5, 5.41) is 3.68. The van der Waals surface area contributed by atoms with E-state index < -0.39 is 0 Å². The SMILES string of the molecule is CCNC(Cc1cnccc1N)C1CCC(CC)CC1. The summed E-state index contributed by atoms with van der Waals surface area (Å²) in [6.45, 7) is 5.54. The van der Waals surface area contributed by atoms with Crippen molar-refractivity contribution in [1.29, 1.82) is 0 Å². The molecule has 1 aromatic heterocycles. The number of hydrogen-bond donors (Lipinski definition) is 2. The number of nitrogen functional groups attached to an aromatic ring is 1. The van der Waals surface area contributed by atoms with Crippen LogP contribution in [-0.4, -0.2) is 17.6 Å². The number of nitrogens with two attached hydrogens (primary N) is 1. The third kappa shape index (κ3) is 3.95. The first-order valence-electron chi connectivity index (χ1n) is 8.16. The Morgan fingerprint density at radius 3 is 2.65 bits per heavy atom. The van der Waals surface area contributed by atoms with E-state index in [1.165, 1.54) is 37.7 Å². The van der Waals surface area contributed by atoms with E-state index in [4.69, 9.17) is 5.73 Å². The maximum Gasteiger partial charge on any atom is 0.0378 e. The molecule has 20 heavy (non-hydrogen) atoms. The second-order valence-corrected chi connectivity index (χ2v) is 6.13. The Bertz CT molecular complexity index is 397. The van der Waals surface area contributed by atoms with Gasteiger partial charge in [0.15, 0.2) is 0 Å². The molecule has 0 aromatic carbocycles. The van der Waals surface area contributed by atoms with Crippen LogP contribution in [-0.2, 0) is 6.42 Å². The van der Waals surface area contributed by atoms with E-state index in [1.807, 2.05) is 12.3 Å². The van der Waals surface area contributed by atoms with Gasteiger partial charge in [-0.2, -0.15) is 0 Å².